The first-order valence-electron chi connectivity index (χ1n) is 6.02. The minimum absolute atomic E-state index is 0.00388. The Morgan fingerprint density at radius 1 is 1.35 bits per heavy atom. The number of nitrogens with one attached hydrogen (secondary N) is 3. The molecule has 1 amide bonds. The van der Waals surface area contributed by atoms with E-state index in [0.29, 0.717) is 6.42 Å². The molecule has 0 aliphatic heterocycles. The van der Waals surface area contributed by atoms with Gasteiger partial charge in [-0.2, -0.15) is 0 Å². The first-order valence-corrected chi connectivity index (χ1v) is 6.02. The van der Waals surface area contributed by atoms with Gasteiger partial charge in [0.1, 0.15) is 12.3 Å². The van der Waals surface area contributed by atoms with Crippen molar-refractivity contribution in [1.29, 1.82) is 0 Å². The van der Waals surface area contributed by atoms with E-state index in [1.54, 1.807) is 14.1 Å². The van der Waals surface area contributed by atoms with Gasteiger partial charge in [0.25, 0.3) is 0 Å². The van der Waals surface area contributed by atoms with Crippen LogP contribution in [0.4, 0.5) is 0 Å². The first-order chi connectivity index (χ1) is 7.92. The molecule has 0 fully saturated rings. The molecule has 0 aliphatic carbocycles. The minimum atomic E-state index is -0.369. The van der Waals surface area contributed by atoms with E-state index in [4.69, 9.17) is 0 Å². The normalized spacial score (nSPS) is 15.1. The van der Waals surface area contributed by atoms with E-state index in [9.17, 15) is 9.59 Å². The van der Waals surface area contributed by atoms with Crippen LogP contribution in [0.15, 0.2) is 0 Å². The summed E-state index contributed by atoms with van der Waals surface area (Å²) in [7, 11) is 3.34. The number of carbonyl (C=O) groups excluding carboxylic acids is 2. The molecule has 0 saturated heterocycles. The highest BCUT2D eigenvalue weighted by Crippen LogP contribution is 2.30. The summed E-state index contributed by atoms with van der Waals surface area (Å²) in [6.07, 6.45) is 2.45. The highest BCUT2D eigenvalue weighted by molar-refractivity contribution is 5.82. The summed E-state index contributed by atoms with van der Waals surface area (Å²) >= 11 is 0. The molecule has 2 unspecified atom stereocenters. The summed E-state index contributed by atoms with van der Waals surface area (Å²) in [5.41, 5.74) is 5.45. The summed E-state index contributed by atoms with van der Waals surface area (Å²) < 4.78 is 0. The molecule has 100 valence electrons. The Labute approximate surface area is 104 Å². The third-order valence-corrected chi connectivity index (χ3v) is 3.08. The third kappa shape index (κ3) is 4.83. The van der Waals surface area contributed by atoms with Gasteiger partial charge in [0, 0.05) is 13.0 Å². The Bertz CT molecular complexity index is 254. The Balaban J connectivity index is 4.80. The molecule has 2 atom stereocenters. The van der Waals surface area contributed by atoms with Gasteiger partial charge in [0.05, 0.1) is 0 Å². The van der Waals surface area contributed by atoms with Crippen LogP contribution < -0.4 is 16.2 Å². The Morgan fingerprint density at radius 3 is 2.29 bits per heavy atom. The molecule has 0 rings (SSSR count). The van der Waals surface area contributed by atoms with Crippen molar-refractivity contribution in [3.8, 4) is 0 Å². The number of amides is 1. The van der Waals surface area contributed by atoms with Crippen LogP contribution in [0, 0.1) is 11.3 Å². The van der Waals surface area contributed by atoms with Crippen LogP contribution in [-0.2, 0) is 9.59 Å². The van der Waals surface area contributed by atoms with Gasteiger partial charge in [0.2, 0.25) is 5.91 Å². The van der Waals surface area contributed by atoms with Gasteiger partial charge in [-0.25, -0.2) is 5.43 Å². The van der Waals surface area contributed by atoms with Crippen molar-refractivity contribution in [3.05, 3.63) is 0 Å². The van der Waals surface area contributed by atoms with Crippen LogP contribution in [0.3, 0.4) is 0 Å². The fraction of sp³-hybridized carbons (Fsp3) is 0.833. The highest BCUT2D eigenvalue weighted by Gasteiger charge is 2.35. The standard InChI is InChI=1S/C12H25N3O2/c1-6-9(8-16)7-12(2,3)10(15-14-5)11(17)13-4/h8-10,14-15H,6-7H2,1-5H3,(H,13,17). The van der Waals surface area contributed by atoms with Crippen LogP contribution >= 0.6 is 0 Å². The van der Waals surface area contributed by atoms with Crippen molar-refractivity contribution in [2.24, 2.45) is 11.3 Å². The third-order valence-electron chi connectivity index (χ3n) is 3.08. The van der Waals surface area contributed by atoms with Gasteiger partial charge in [-0.1, -0.05) is 20.8 Å². The van der Waals surface area contributed by atoms with Gasteiger partial charge in [-0.05, 0) is 25.3 Å². The average molecular weight is 243 g/mol. The zero-order valence-corrected chi connectivity index (χ0v) is 11.5. The molecule has 5 nitrogen and oxygen atoms in total. The van der Waals surface area contributed by atoms with E-state index in [2.05, 4.69) is 16.2 Å². The van der Waals surface area contributed by atoms with E-state index in [1.165, 1.54) is 0 Å². The predicted molar refractivity (Wildman–Crippen MR) is 68.3 cm³/mol. The molecular weight excluding hydrogens is 218 g/mol. The molecule has 0 spiro atoms. The number of likely N-dealkylation sites (N-methyl/N-ethyl adjacent to an activating group) is 1. The Hall–Kier alpha value is -0.940. The van der Waals surface area contributed by atoms with E-state index < -0.39 is 0 Å². The zero-order chi connectivity index (χ0) is 13.5. The summed E-state index contributed by atoms with van der Waals surface area (Å²) in [6, 6.07) is -0.369. The number of carbonyl (C=O) groups is 2. The SMILES string of the molecule is CCC(C=O)CC(C)(C)C(NNC)C(=O)NC. The topological polar surface area (TPSA) is 70.2 Å². The van der Waals surface area contributed by atoms with Crippen molar-refractivity contribution >= 4 is 12.2 Å². The van der Waals surface area contributed by atoms with Crippen molar-refractivity contribution < 1.29 is 9.59 Å². The molecule has 0 bridgehead atoms. The van der Waals surface area contributed by atoms with Crippen LogP contribution in [-0.4, -0.2) is 32.3 Å². The highest BCUT2D eigenvalue weighted by atomic mass is 16.2. The lowest BCUT2D eigenvalue weighted by molar-refractivity contribution is -0.126. The van der Waals surface area contributed by atoms with E-state index in [1.807, 2.05) is 20.8 Å². The van der Waals surface area contributed by atoms with Crippen LogP contribution in [0.25, 0.3) is 0 Å². The number of hydrogen-bond acceptors (Lipinski definition) is 4. The van der Waals surface area contributed by atoms with Crippen molar-refractivity contribution in [2.75, 3.05) is 14.1 Å². The molecule has 3 N–H and O–H groups in total. The second-order valence-corrected chi connectivity index (χ2v) is 4.94. The van der Waals surface area contributed by atoms with E-state index >= 15 is 0 Å². The fourth-order valence-corrected chi connectivity index (χ4v) is 1.99. The predicted octanol–water partition coefficient (Wildman–Crippen LogP) is 0.466. The second kappa shape index (κ2) is 7.40. The quantitative estimate of drug-likeness (QED) is 0.428. The van der Waals surface area contributed by atoms with Crippen LogP contribution in [0.2, 0.25) is 0 Å². The van der Waals surface area contributed by atoms with E-state index in [-0.39, 0.29) is 23.3 Å². The monoisotopic (exact) mass is 243 g/mol. The molecule has 17 heavy (non-hydrogen) atoms. The fourth-order valence-electron chi connectivity index (χ4n) is 1.99. The first kappa shape index (κ1) is 16.1. The molecule has 0 aliphatic rings. The maximum atomic E-state index is 11.8. The lowest BCUT2D eigenvalue weighted by Gasteiger charge is -2.35. The molecular formula is C12H25N3O2. The molecule has 0 radical (unpaired) electrons. The zero-order valence-electron chi connectivity index (χ0n) is 11.5. The summed E-state index contributed by atoms with van der Waals surface area (Å²) in [5, 5.41) is 2.64. The van der Waals surface area contributed by atoms with Crippen LogP contribution in [0.5, 0.6) is 0 Å². The summed E-state index contributed by atoms with van der Waals surface area (Å²) in [4.78, 5) is 22.7. The smallest absolute Gasteiger partial charge is 0.238 e. The Morgan fingerprint density at radius 2 is 1.94 bits per heavy atom. The maximum absolute atomic E-state index is 11.8. The van der Waals surface area contributed by atoms with Gasteiger partial charge < -0.3 is 10.1 Å². The summed E-state index contributed by atoms with van der Waals surface area (Å²) in [5.74, 6) is -0.0825. The minimum Gasteiger partial charge on any atom is -0.358 e. The van der Waals surface area contributed by atoms with Gasteiger partial charge in [0.15, 0.2) is 0 Å². The van der Waals surface area contributed by atoms with Gasteiger partial charge in [-0.15, -0.1) is 0 Å². The largest absolute Gasteiger partial charge is 0.358 e. The number of hydrogen-bond donors (Lipinski definition) is 3. The molecule has 0 aromatic carbocycles. The summed E-state index contributed by atoms with van der Waals surface area (Å²) in [6.45, 7) is 5.96. The van der Waals surface area contributed by atoms with Crippen molar-refractivity contribution in [1.82, 2.24) is 16.2 Å². The second-order valence-electron chi connectivity index (χ2n) is 4.94. The molecule has 0 heterocycles. The maximum Gasteiger partial charge on any atom is 0.238 e. The number of rotatable bonds is 8. The lowest BCUT2D eigenvalue weighted by atomic mass is 9.76. The number of hydrazine groups is 1. The van der Waals surface area contributed by atoms with Crippen molar-refractivity contribution in [3.63, 3.8) is 0 Å². The molecule has 0 aromatic rings. The van der Waals surface area contributed by atoms with Gasteiger partial charge >= 0.3 is 0 Å². The van der Waals surface area contributed by atoms with Gasteiger partial charge in [-0.3, -0.25) is 10.2 Å². The molecule has 5 heteroatoms. The Kier molecular flexibility index (Phi) is 6.99. The number of aldehydes is 1. The lowest BCUT2D eigenvalue weighted by Crippen LogP contribution is -2.56. The average Bonchev–Trinajstić information content (AvgIpc) is 2.31. The van der Waals surface area contributed by atoms with Crippen LogP contribution in [0.1, 0.15) is 33.6 Å². The van der Waals surface area contributed by atoms with Crippen molar-refractivity contribution in [2.45, 2.75) is 39.7 Å². The van der Waals surface area contributed by atoms with E-state index in [0.717, 1.165) is 12.7 Å². The molecule has 0 aromatic heterocycles. The molecule has 0 saturated carbocycles.